The van der Waals surface area contributed by atoms with Gasteiger partial charge in [0.05, 0.1) is 13.0 Å². The van der Waals surface area contributed by atoms with E-state index < -0.39 is 13.3 Å². The van der Waals surface area contributed by atoms with E-state index in [2.05, 4.69) is 0 Å². The van der Waals surface area contributed by atoms with Gasteiger partial charge < -0.3 is 9.63 Å². The van der Waals surface area contributed by atoms with Crippen molar-refractivity contribution in [2.45, 2.75) is 13.3 Å². The van der Waals surface area contributed by atoms with Crippen LogP contribution in [0.3, 0.4) is 0 Å². The predicted octanol–water partition coefficient (Wildman–Crippen LogP) is 1.41. The van der Waals surface area contributed by atoms with Crippen molar-refractivity contribution in [1.82, 2.24) is 0 Å². The molecule has 1 atom stereocenters. The number of rotatable bonds is 5. The third kappa shape index (κ3) is 6.07. The third-order valence-corrected chi connectivity index (χ3v) is 3.13. The van der Waals surface area contributed by atoms with E-state index >= 15 is 0 Å². The van der Waals surface area contributed by atoms with Crippen molar-refractivity contribution in [1.29, 1.82) is 0 Å². The number of carboxylic acids is 1. The first kappa shape index (κ1) is 10.7. The predicted molar refractivity (Wildman–Crippen MR) is 42.3 cm³/mol. The Labute approximate surface area is 66.0 Å². The second-order valence-electron chi connectivity index (χ2n) is 2.31. The summed E-state index contributed by atoms with van der Waals surface area (Å²) in [7, 11) is -2.49. The van der Waals surface area contributed by atoms with Crippen LogP contribution in [0.4, 0.5) is 0 Å². The average molecular weight is 180 g/mol. The highest BCUT2D eigenvalue weighted by molar-refractivity contribution is 7.58. The minimum atomic E-state index is -2.49. The van der Waals surface area contributed by atoms with E-state index in [9.17, 15) is 9.36 Å². The second kappa shape index (κ2) is 4.52. The van der Waals surface area contributed by atoms with Crippen LogP contribution in [-0.2, 0) is 13.9 Å². The molecule has 0 saturated heterocycles. The van der Waals surface area contributed by atoms with Gasteiger partial charge in [-0.3, -0.25) is 9.36 Å². The monoisotopic (exact) mass is 180 g/mol. The van der Waals surface area contributed by atoms with E-state index in [1.54, 1.807) is 6.92 Å². The van der Waals surface area contributed by atoms with Crippen LogP contribution in [0, 0.1) is 0 Å². The van der Waals surface area contributed by atoms with Crippen molar-refractivity contribution < 1.29 is 19.0 Å². The molecule has 0 saturated carbocycles. The van der Waals surface area contributed by atoms with Crippen LogP contribution in [0.15, 0.2) is 0 Å². The minimum Gasteiger partial charge on any atom is -0.481 e. The lowest BCUT2D eigenvalue weighted by Crippen LogP contribution is -2.01. The standard InChI is InChI=1S/C6H13O4P/c1-3-11(2,9)10-5-4-6(7)8/h3-5H2,1-2H3,(H,7,8). The summed E-state index contributed by atoms with van der Waals surface area (Å²) in [5.74, 6) is -0.930. The van der Waals surface area contributed by atoms with Gasteiger partial charge in [-0.1, -0.05) is 6.92 Å². The van der Waals surface area contributed by atoms with Crippen LogP contribution in [0.5, 0.6) is 0 Å². The summed E-state index contributed by atoms with van der Waals surface area (Å²) < 4.78 is 16.0. The first-order chi connectivity index (χ1) is 4.98. The molecule has 0 aromatic carbocycles. The van der Waals surface area contributed by atoms with E-state index in [0.717, 1.165) is 0 Å². The molecule has 0 fully saturated rings. The number of hydrogen-bond donors (Lipinski definition) is 1. The van der Waals surface area contributed by atoms with E-state index in [4.69, 9.17) is 9.63 Å². The molecule has 0 aliphatic carbocycles. The van der Waals surface area contributed by atoms with Gasteiger partial charge >= 0.3 is 5.97 Å². The van der Waals surface area contributed by atoms with Crippen LogP contribution >= 0.6 is 7.37 Å². The lowest BCUT2D eigenvalue weighted by molar-refractivity contribution is -0.137. The molecular formula is C6H13O4P. The fraction of sp³-hybridized carbons (Fsp3) is 0.833. The normalized spacial score (nSPS) is 15.8. The Morgan fingerprint density at radius 1 is 1.64 bits per heavy atom. The molecule has 66 valence electrons. The third-order valence-electron chi connectivity index (χ3n) is 1.25. The van der Waals surface area contributed by atoms with E-state index in [1.165, 1.54) is 6.66 Å². The summed E-state index contributed by atoms with van der Waals surface area (Å²) in [6.07, 6.45) is 0.366. The fourth-order valence-corrected chi connectivity index (χ4v) is 1.08. The zero-order valence-electron chi connectivity index (χ0n) is 6.74. The molecule has 11 heavy (non-hydrogen) atoms. The molecular weight excluding hydrogens is 167 g/mol. The SMILES string of the molecule is CCP(C)(=O)OCCC(=O)O. The van der Waals surface area contributed by atoms with Gasteiger partial charge in [0.25, 0.3) is 0 Å². The molecule has 4 nitrogen and oxygen atoms in total. The van der Waals surface area contributed by atoms with Crippen molar-refractivity contribution in [3.8, 4) is 0 Å². The van der Waals surface area contributed by atoms with Crippen molar-refractivity contribution >= 4 is 13.3 Å². The Morgan fingerprint density at radius 3 is 2.55 bits per heavy atom. The highest BCUT2D eigenvalue weighted by atomic mass is 31.2. The first-order valence-corrected chi connectivity index (χ1v) is 5.66. The molecule has 0 heterocycles. The topological polar surface area (TPSA) is 63.6 Å². The van der Waals surface area contributed by atoms with Gasteiger partial charge in [-0.05, 0) is 0 Å². The Morgan fingerprint density at radius 2 is 2.18 bits per heavy atom. The van der Waals surface area contributed by atoms with Crippen LogP contribution in [0.1, 0.15) is 13.3 Å². The molecule has 1 unspecified atom stereocenters. The maximum Gasteiger partial charge on any atom is 0.305 e. The molecule has 0 aliphatic heterocycles. The summed E-state index contributed by atoms with van der Waals surface area (Å²) >= 11 is 0. The molecule has 0 radical (unpaired) electrons. The van der Waals surface area contributed by atoms with Crippen molar-refractivity contribution in [2.75, 3.05) is 19.4 Å². The lowest BCUT2D eigenvalue weighted by Gasteiger charge is -2.09. The van der Waals surface area contributed by atoms with Gasteiger partial charge in [0.2, 0.25) is 0 Å². The van der Waals surface area contributed by atoms with Crippen molar-refractivity contribution in [2.24, 2.45) is 0 Å². The number of hydrogen-bond acceptors (Lipinski definition) is 3. The van der Waals surface area contributed by atoms with E-state index in [-0.39, 0.29) is 13.0 Å². The largest absolute Gasteiger partial charge is 0.481 e. The Bertz CT molecular complexity index is 177. The molecule has 1 N–H and O–H groups in total. The smallest absolute Gasteiger partial charge is 0.305 e. The van der Waals surface area contributed by atoms with E-state index in [0.29, 0.717) is 6.16 Å². The van der Waals surface area contributed by atoms with Crippen LogP contribution in [-0.4, -0.2) is 30.5 Å². The summed E-state index contributed by atoms with van der Waals surface area (Å²) in [5.41, 5.74) is 0. The quantitative estimate of drug-likeness (QED) is 0.649. The van der Waals surface area contributed by atoms with Gasteiger partial charge in [0, 0.05) is 12.8 Å². The average Bonchev–Trinajstić information content (AvgIpc) is 1.87. The molecule has 0 aromatic rings. The van der Waals surface area contributed by atoms with Gasteiger partial charge in [0.1, 0.15) is 0 Å². The van der Waals surface area contributed by atoms with Crippen molar-refractivity contribution in [3.05, 3.63) is 0 Å². The highest BCUT2D eigenvalue weighted by Gasteiger charge is 2.12. The molecule has 0 aliphatic rings. The molecule has 0 bridgehead atoms. The number of aliphatic carboxylic acids is 1. The van der Waals surface area contributed by atoms with Gasteiger partial charge in [-0.15, -0.1) is 0 Å². The van der Waals surface area contributed by atoms with Crippen LogP contribution in [0.2, 0.25) is 0 Å². The molecule has 0 amide bonds. The number of carbonyl (C=O) groups is 1. The summed E-state index contributed by atoms with van der Waals surface area (Å²) in [6.45, 7) is 3.30. The zero-order chi connectivity index (χ0) is 8.91. The molecule has 5 heteroatoms. The van der Waals surface area contributed by atoms with Crippen LogP contribution < -0.4 is 0 Å². The van der Waals surface area contributed by atoms with Crippen molar-refractivity contribution in [3.63, 3.8) is 0 Å². The maximum atomic E-state index is 11.1. The van der Waals surface area contributed by atoms with Gasteiger partial charge in [-0.2, -0.15) is 0 Å². The van der Waals surface area contributed by atoms with Crippen LogP contribution in [0.25, 0.3) is 0 Å². The maximum absolute atomic E-state index is 11.1. The summed E-state index contributed by atoms with van der Waals surface area (Å²) in [5, 5.41) is 8.21. The molecule has 0 aromatic heterocycles. The lowest BCUT2D eigenvalue weighted by atomic mass is 10.5. The highest BCUT2D eigenvalue weighted by Crippen LogP contribution is 2.41. The number of carboxylic acid groups (broad SMARTS) is 1. The van der Waals surface area contributed by atoms with Gasteiger partial charge in [-0.25, -0.2) is 0 Å². The van der Waals surface area contributed by atoms with E-state index in [1.807, 2.05) is 0 Å². The zero-order valence-corrected chi connectivity index (χ0v) is 7.63. The fourth-order valence-electron chi connectivity index (χ4n) is 0.417. The Hall–Kier alpha value is -0.340. The second-order valence-corrected chi connectivity index (χ2v) is 5.23. The summed E-state index contributed by atoms with van der Waals surface area (Å²) in [4.78, 5) is 10.0. The first-order valence-electron chi connectivity index (χ1n) is 3.41. The minimum absolute atomic E-state index is 0.0386. The molecule has 0 spiro atoms. The Balaban J connectivity index is 3.54. The Kier molecular flexibility index (Phi) is 4.38. The molecule has 0 rings (SSSR count). The summed E-state index contributed by atoms with van der Waals surface area (Å²) in [6, 6.07) is 0. The van der Waals surface area contributed by atoms with Gasteiger partial charge in [0.15, 0.2) is 7.37 Å².